The van der Waals surface area contributed by atoms with Gasteiger partial charge in [0.15, 0.2) is 0 Å². The Bertz CT molecular complexity index is 504. The van der Waals surface area contributed by atoms with Gasteiger partial charge in [-0.1, -0.05) is 60.7 Å². The Balaban J connectivity index is 1.94. The van der Waals surface area contributed by atoms with E-state index in [2.05, 4.69) is 24.3 Å². The van der Waals surface area contributed by atoms with Gasteiger partial charge in [0.1, 0.15) is 0 Å². The molecular weight excluding hydrogens is 222 g/mol. The van der Waals surface area contributed by atoms with Crippen LogP contribution in [0.1, 0.15) is 23.0 Å². The van der Waals surface area contributed by atoms with Gasteiger partial charge in [-0.25, -0.2) is 0 Å². The number of carbonyl (C=O) groups excluding carboxylic acids is 1. The van der Waals surface area contributed by atoms with Crippen molar-refractivity contribution in [3.8, 4) is 0 Å². The summed E-state index contributed by atoms with van der Waals surface area (Å²) in [7, 11) is 0. The molecule has 2 N–H and O–H groups in total. The normalized spacial score (nSPS) is 25.7. The van der Waals surface area contributed by atoms with E-state index in [1.165, 1.54) is 11.1 Å². The van der Waals surface area contributed by atoms with Crippen molar-refractivity contribution < 1.29 is 4.79 Å². The molecule has 0 bridgehead atoms. The lowest BCUT2D eigenvalue weighted by molar-refractivity contribution is -0.119. The predicted molar refractivity (Wildman–Crippen MR) is 71.1 cm³/mol. The molecule has 2 heteroatoms. The van der Waals surface area contributed by atoms with Crippen LogP contribution in [0.4, 0.5) is 0 Å². The van der Waals surface area contributed by atoms with Gasteiger partial charge < -0.3 is 5.73 Å². The Morgan fingerprint density at radius 1 is 0.778 bits per heavy atom. The summed E-state index contributed by atoms with van der Waals surface area (Å²) in [5.41, 5.74) is 7.92. The molecule has 2 atom stereocenters. The average Bonchev–Trinajstić information content (AvgIpc) is 3.16. The number of benzene rings is 2. The molecule has 0 spiro atoms. The van der Waals surface area contributed by atoms with E-state index in [1.54, 1.807) is 0 Å². The van der Waals surface area contributed by atoms with E-state index in [0.29, 0.717) is 0 Å². The quantitative estimate of drug-likeness (QED) is 0.876. The zero-order valence-electron chi connectivity index (χ0n) is 9.99. The molecule has 1 aliphatic rings. The van der Waals surface area contributed by atoms with Crippen LogP contribution in [0.5, 0.6) is 0 Å². The van der Waals surface area contributed by atoms with Crippen LogP contribution >= 0.6 is 0 Å². The van der Waals surface area contributed by atoms with Gasteiger partial charge in [-0.2, -0.15) is 0 Å². The molecule has 2 unspecified atom stereocenters. The standard InChI is InChI=1S/C16H15NO/c17-16(18)15-13(11-7-3-1-4-8-11)14(15)12-9-5-2-6-10-12/h1-10,13-15H,(H2,17,18). The Labute approximate surface area is 106 Å². The first kappa shape index (κ1) is 11.0. The van der Waals surface area contributed by atoms with E-state index in [-0.39, 0.29) is 23.7 Å². The van der Waals surface area contributed by atoms with Crippen molar-refractivity contribution >= 4 is 5.91 Å². The van der Waals surface area contributed by atoms with Crippen LogP contribution in [0.2, 0.25) is 0 Å². The molecule has 90 valence electrons. The highest BCUT2D eigenvalue weighted by molar-refractivity contribution is 5.83. The lowest BCUT2D eigenvalue weighted by atomic mass is 10.0. The molecule has 1 aliphatic carbocycles. The smallest absolute Gasteiger partial charge is 0.221 e. The predicted octanol–water partition coefficient (Wildman–Crippen LogP) is 2.67. The van der Waals surface area contributed by atoms with Crippen LogP contribution in [0, 0.1) is 5.92 Å². The highest BCUT2D eigenvalue weighted by atomic mass is 16.1. The topological polar surface area (TPSA) is 43.1 Å². The summed E-state index contributed by atoms with van der Waals surface area (Å²) >= 11 is 0. The SMILES string of the molecule is NC(=O)C1C(c2ccccc2)C1c1ccccc1. The van der Waals surface area contributed by atoms with E-state index in [9.17, 15) is 4.79 Å². The molecular formula is C16H15NO. The van der Waals surface area contributed by atoms with Gasteiger partial charge in [0.25, 0.3) is 0 Å². The van der Waals surface area contributed by atoms with Crippen molar-refractivity contribution in [2.75, 3.05) is 0 Å². The molecule has 0 heterocycles. The van der Waals surface area contributed by atoms with E-state index in [0.717, 1.165) is 0 Å². The summed E-state index contributed by atoms with van der Waals surface area (Å²) in [6.07, 6.45) is 0. The zero-order chi connectivity index (χ0) is 12.5. The molecule has 18 heavy (non-hydrogen) atoms. The fourth-order valence-electron chi connectivity index (χ4n) is 2.84. The Kier molecular flexibility index (Phi) is 2.63. The number of hydrogen-bond donors (Lipinski definition) is 1. The second kappa shape index (κ2) is 4.30. The average molecular weight is 237 g/mol. The fourth-order valence-corrected chi connectivity index (χ4v) is 2.84. The van der Waals surface area contributed by atoms with Crippen LogP contribution in [0.25, 0.3) is 0 Å². The van der Waals surface area contributed by atoms with E-state index < -0.39 is 0 Å². The van der Waals surface area contributed by atoms with Crippen LogP contribution < -0.4 is 5.73 Å². The number of rotatable bonds is 3. The van der Waals surface area contributed by atoms with Gasteiger partial charge in [-0.15, -0.1) is 0 Å². The molecule has 2 aromatic carbocycles. The van der Waals surface area contributed by atoms with Crippen molar-refractivity contribution in [2.24, 2.45) is 11.7 Å². The largest absolute Gasteiger partial charge is 0.369 e. The summed E-state index contributed by atoms with van der Waals surface area (Å²) in [6, 6.07) is 20.3. The third kappa shape index (κ3) is 1.80. The van der Waals surface area contributed by atoms with Crippen molar-refractivity contribution in [1.82, 2.24) is 0 Å². The minimum absolute atomic E-state index is 0.0604. The molecule has 0 saturated heterocycles. The highest BCUT2D eigenvalue weighted by Gasteiger charge is 2.55. The molecule has 0 aromatic heterocycles. The monoisotopic (exact) mass is 237 g/mol. The lowest BCUT2D eigenvalue weighted by Gasteiger charge is -1.99. The number of nitrogens with two attached hydrogens (primary N) is 1. The molecule has 2 aromatic rings. The Hall–Kier alpha value is -2.09. The Morgan fingerprint density at radius 3 is 1.50 bits per heavy atom. The fraction of sp³-hybridized carbons (Fsp3) is 0.188. The summed E-state index contributed by atoms with van der Waals surface area (Å²) in [5.74, 6) is 0.227. The lowest BCUT2D eigenvalue weighted by Crippen LogP contribution is -2.14. The molecule has 3 rings (SSSR count). The van der Waals surface area contributed by atoms with Crippen LogP contribution in [0.15, 0.2) is 60.7 Å². The maximum Gasteiger partial charge on any atom is 0.221 e. The summed E-state index contributed by atoms with van der Waals surface area (Å²) in [5, 5.41) is 0. The Morgan fingerprint density at radius 2 is 1.17 bits per heavy atom. The maximum atomic E-state index is 11.6. The third-order valence-electron chi connectivity index (χ3n) is 3.72. The van der Waals surface area contributed by atoms with E-state index in [4.69, 9.17) is 5.73 Å². The van der Waals surface area contributed by atoms with Gasteiger partial charge in [0.2, 0.25) is 5.91 Å². The second-order valence-electron chi connectivity index (χ2n) is 4.80. The third-order valence-corrected chi connectivity index (χ3v) is 3.72. The number of hydrogen-bond acceptors (Lipinski definition) is 1. The van der Waals surface area contributed by atoms with E-state index >= 15 is 0 Å². The minimum atomic E-state index is -0.197. The first-order valence-corrected chi connectivity index (χ1v) is 6.18. The number of amides is 1. The zero-order valence-corrected chi connectivity index (χ0v) is 9.99. The number of carbonyl (C=O) groups is 1. The molecule has 1 fully saturated rings. The molecule has 1 saturated carbocycles. The van der Waals surface area contributed by atoms with E-state index in [1.807, 2.05) is 36.4 Å². The van der Waals surface area contributed by atoms with Gasteiger partial charge >= 0.3 is 0 Å². The van der Waals surface area contributed by atoms with Crippen LogP contribution in [-0.4, -0.2) is 5.91 Å². The maximum absolute atomic E-state index is 11.6. The van der Waals surface area contributed by atoms with Crippen molar-refractivity contribution in [2.45, 2.75) is 11.8 Å². The summed E-state index contributed by atoms with van der Waals surface area (Å²) in [4.78, 5) is 11.6. The second-order valence-corrected chi connectivity index (χ2v) is 4.80. The minimum Gasteiger partial charge on any atom is -0.369 e. The summed E-state index contributed by atoms with van der Waals surface area (Å²) < 4.78 is 0. The highest BCUT2D eigenvalue weighted by Crippen LogP contribution is 2.60. The number of primary amides is 1. The summed E-state index contributed by atoms with van der Waals surface area (Å²) in [6.45, 7) is 0. The molecule has 0 radical (unpaired) electrons. The van der Waals surface area contributed by atoms with Gasteiger partial charge in [0.05, 0.1) is 5.92 Å². The van der Waals surface area contributed by atoms with Crippen molar-refractivity contribution in [1.29, 1.82) is 0 Å². The van der Waals surface area contributed by atoms with Gasteiger partial charge in [0, 0.05) is 11.8 Å². The van der Waals surface area contributed by atoms with Crippen LogP contribution in [-0.2, 0) is 4.79 Å². The first-order valence-electron chi connectivity index (χ1n) is 6.18. The van der Waals surface area contributed by atoms with Crippen molar-refractivity contribution in [3.05, 3.63) is 71.8 Å². The first-order chi connectivity index (χ1) is 8.79. The van der Waals surface area contributed by atoms with Crippen LogP contribution in [0.3, 0.4) is 0 Å². The molecule has 1 amide bonds. The molecule has 2 nitrogen and oxygen atoms in total. The van der Waals surface area contributed by atoms with Gasteiger partial charge in [-0.05, 0) is 11.1 Å². The van der Waals surface area contributed by atoms with Crippen molar-refractivity contribution in [3.63, 3.8) is 0 Å². The van der Waals surface area contributed by atoms with Gasteiger partial charge in [-0.3, -0.25) is 4.79 Å². The molecule has 0 aliphatic heterocycles.